The van der Waals surface area contributed by atoms with Gasteiger partial charge in [-0.15, -0.1) is 0 Å². The van der Waals surface area contributed by atoms with E-state index in [2.05, 4.69) is 73.5 Å². The largest absolute Gasteiger partial charge is 0.498 e. The fourth-order valence-electron chi connectivity index (χ4n) is 5.62. The van der Waals surface area contributed by atoms with Gasteiger partial charge in [-0.3, -0.25) is 4.40 Å². The number of hydrogen-bond acceptors (Lipinski definition) is 5. The molecular weight excluding hydrogens is 537 g/mol. The first kappa shape index (κ1) is 28.8. The van der Waals surface area contributed by atoms with Crippen LogP contribution in [0.5, 0.6) is 0 Å². The van der Waals surface area contributed by atoms with Crippen LogP contribution in [0.25, 0.3) is 28.2 Å². The summed E-state index contributed by atoms with van der Waals surface area (Å²) in [5.41, 5.74) is 3.57. The summed E-state index contributed by atoms with van der Waals surface area (Å²) in [4.78, 5) is 17.8. The van der Waals surface area contributed by atoms with Crippen LogP contribution in [0.4, 0.5) is 4.79 Å². The highest BCUT2D eigenvalue weighted by atomic mass is 16.7. The van der Waals surface area contributed by atoms with Gasteiger partial charge in [0, 0.05) is 30.3 Å². The van der Waals surface area contributed by atoms with Crippen molar-refractivity contribution in [3.63, 3.8) is 0 Å². The Balaban J connectivity index is 1.35. The number of hydrogen-bond donors (Lipinski definition) is 1. The summed E-state index contributed by atoms with van der Waals surface area (Å²) >= 11 is 0. The van der Waals surface area contributed by atoms with Crippen molar-refractivity contribution in [1.82, 2.24) is 14.7 Å². The smallest absolute Gasteiger partial charge is 0.395 e. The van der Waals surface area contributed by atoms with Gasteiger partial charge in [0.25, 0.3) is 0 Å². The fraction of sp³-hybridized carbons (Fsp3) is 0.286. The average molecular weight is 575 g/mol. The second-order valence-electron chi connectivity index (χ2n) is 12.5. The molecule has 2 aliphatic rings. The second kappa shape index (κ2) is 10.2. The van der Waals surface area contributed by atoms with Crippen LogP contribution in [0.1, 0.15) is 45.6 Å². The van der Waals surface area contributed by atoms with Crippen LogP contribution in [0.3, 0.4) is 0 Å². The molecule has 2 fully saturated rings. The molecule has 1 N–H and O–H groups in total. The van der Waals surface area contributed by atoms with Crippen molar-refractivity contribution in [2.24, 2.45) is 0 Å². The highest BCUT2D eigenvalue weighted by Gasteiger charge is 2.57. The summed E-state index contributed by atoms with van der Waals surface area (Å²) < 4.78 is 19.9. The molecule has 1 aliphatic carbocycles. The topological polar surface area (TPSA) is 74.1 Å². The summed E-state index contributed by atoms with van der Waals surface area (Å²) in [6.45, 7) is 21.3. The number of nitrogens with one attached hydrogen (secondary N) is 1. The Hall–Kier alpha value is -4.27. The number of ether oxygens (including phenoxy) is 1. The van der Waals surface area contributed by atoms with Gasteiger partial charge in [-0.2, -0.15) is 0 Å². The number of nitrogens with zero attached hydrogens (tertiary/aromatic N) is 2. The SMILES string of the molecule is C=CC([CH2+])([CH2+])OC(=O)NC1(c2ccc(-c3nc4cc(B5OC([CH2+])(C)C(C)(C)O5)ccn4c3-c3ccccc3)cc2)CCC1. The molecular formula is C35H37BN3O4+3. The zero-order valence-electron chi connectivity index (χ0n) is 25.1. The molecule has 6 rings (SSSR count). The lowest BCUT2D eigenvalue weighted by atomic mass is 9.71. The Morgan fingerprint density at radius 3 is 2.35 bits per heavy atom. The Kier molecular flexibility index (Phi) is 6.82. The van der Waals surface area contributed by atoms with E-state index in [0.717, 1.165) is 58.5 Å². The van der Waals surface area contributed by atoms with E-state index in [1.54, 1.807) is 0 Å². The lowest BCUT2D eigenvalue weighted by Crippen LogP contribution is -2.52. The molecule has 2 aromatic heterocycles. The van der Waals surface area contributed by atoms with Crippen molar-refractivity contribution in [3.05, 3.63) is 112 Å². The van der Waals surface area contributed by atoms with Crippen molar-refractivity contribution in [2.45, 2.75) is 62.4 Å². The number of alkyl carbamates (subject to hydrolysis) is 1. The summed E-state index contributed by atoms with van der Waals surface area (Å²) in [5.74, 6) is 0. The molecule has 7 nitrogen and oxygen atoms in total. The maximum Gasteiger partial charge on any atom is 0.498 e. The molecule has 1 aliphatic heterocycles. The third-order valence-electron chi connectivity index (χ3n) is 8.94. The van der Waals surface area contributed by atoms with Crippen LogP contribution < -0.4 is 10.8 Å². The average Bonchev–Trinajstić information content (AvgIpc) is 3.43. The maximum atomic E-state index is 12.7. The molecule has 8 heteroatoms. The number of benzene rings is 2. The third kappa shape index (κ3) is 5.15. The quantitative estimate of drug-likeness (QED) is 0.155. The minimum Gasteiger partial charge on any atom is -0.395 e. The third-order valence-corrected chi connectivity index (χ3v) is 8.94. The van der Waals surface area contributed by atoms with Crippen molar-refractivity contribution < 1.29 is 18.8 Å². The van der Waals surface area contributed by atoms with Gasteiger partial charge in [0.2, 0.25) is 5.60 Å². The fourth-order valence-corrected chi connectivity index (χ4v) is 5.62. The van der Waals surface area contributed by atoms with Crippen molar-refractivity contribution in [1.29, 1.82) is 0 Å². The Bertz CT molecular complexity index is 1650. The van der Waals surface area contributed by atoms with Crippen molar-refractivity contribution >= 4 is 24.3 Å². The van der Waals surface area contributed by atoms with Crippen LogP contribution in [-0.2, 0) is 19.6 Å². The van der Waals surface area contributed by atoms with Gasteiger partial charge < -0.3 is 19.4 Å². The molecule has 3 heterocycles. The minimum absolute atomic E-state index is 0.499. The first-order valence-electron chi connectivity index (χ1n) is 14.6. The van der Waals surface area contributed by atoms with Crippen LogP contribution >= 0.6 is 0 Å². The molecule has 1 saturated heterocycles. The molecule has 2 aromatic carbocycles. The normalized spacial score (nSPS) is 20.9. The Morgan fingerprint density at radius 2 is 1.77 bits per heavy atom. The molecule has 0 spiro atoms. The van der Waals surface area contributed by atoms with Gasteiger partial charge in [-0.25, -0.2) is 9.78 Å². The van der Waals surface area contributed by atoms with Crippen molar-refractivity contribution in [2.75, 3.05) is 0 Å². The van der Waals surface area contributed by atoms with E-state index >= 15 is 0 Å². The van der Waals surface area contributed by atoms with E-state index in [1.165, 1.54) is 6.08 Å². The molecule has 0 bridgehead atoms. The standard InChI is InChI=1S/C35H36BN3O4/c1-8-32(2,3)41-31(40)38-35(20-12-21-35)26-17-15-24(16-18-26)29-30(25-13-10-9-11-14-25)39-22-19-27(23-28(39)37-29)36-42-33(4,5)34(6,7)43-36/h8-11,13-19,22-23H,1-4,12,20-21H2,5-7H3/q+2/p+1. The maximum absolute atomic E-state index is 12.7. The van der Waals surface area contributed by atoms with Crippen LogP contribution in [0.2, 0.25) is 0 Å². The first-order chi connectivity index (χ1) is 20.3. The summed E-state index contributed by atoms with van der Waals surface area (Å²) in [6, 6.07) is 22.5. The van der Waals surface area contributed by atoms with Crippen molar-refractivity contribution in [3.8, 4) is 22.5 Å². The Labute approximate surface area is 254 Å². The summed E-state index contributed by atoms with van der Waals surface area (Å²) in [5, 5.41) is 3.06. The van der Waals surface area contributed by atoms with E-state index in [0.29, 0.717) is 0 Å². The number of amides is 1. The van der Waals surface area contributed by atoms with E-state index in [-0.39, 0.29) is 0 Å². The predicted octanol–water partition coefficient (Wildman–Crippen LogP) is 6.48. The van der Waals surface area contributed by atoms with Gasteiger partial charge >= 0.3 is 18.8 Å². The number of carbonyl (C=O) groups is 1. The lowest BCUT2D eigenvalue weighted by molar-refractivity contribution is 0.0262. The number of carbonyl (C=O) groups excluding carboxylic acids is 1. The molecule has 1 unspecified atom stereocenters. The van der Waals surface area contributed by atoms with E-state index in [1.807, 2.05) is 57.3 Å². The molecule has 1 atom stereocenters. The van der Waals surface area contributed by atoms with Crippen LogP contribution in [0.15, 0.2) is 85.6 Å². The van der Waals surface area contributed by atoms with Gasteiger partial charge in [0.15, 0.2) is 13.8 Å². The van der Waals surface area contributed by atoms with Crippen LogP contribution in [0, 0.1) is 20.8 Å². The number of rotatable bonds is 7. The monoisotopic (exact) mass is 574 g/mol. The molecule has 216 valence electrons. The summed E-state index contributed by atoms with van der Waals surface area (Å²) in [7, 11) is -0.538. The molecule has 1 saturated carbocycles. The van der Waals surface area contributed by atoms with Gasteiger partial charge in [-0.1, -0.05) is 61.2 Å². The van der Waals surface area contributed by atoms with Gasteiger partial charge in [0.05, 0.1) is 23.9 Å². The number of fused-ring (bicyclic) bond motifs is 1. The zero-order chi connectivity index (χ0) is 30.6. The lowest BCUT2D eigenvalue weighted by Gasteiger charge is -2.42. The predicted molar refractivity (Wildman–Crippen MR) is 170 cm³/mol. The van der Waals surface area contributed by atoms with E-state index in [4.69, 9.17) is 19.0 Å². The first-order valence-corrected chi connectivity index (χ1v) is 14.6. The molecule has 43 heavy (non-hydrogen) atoms. The van der Waals surface area contributed by atoms with Gasteiger partial charge in [0.1, 0.15) is 11.2 Å². The highest BCUT2D eigenvalue weighted by Crippen LogP contribution is 2.43. The number of imidazole rings is 1. The summed E-state index contributed by atoms with van der Waals surface area (Å²) in [6.07, 6.45) is 5.51. The van der Waals surface area contributed by atoms with E-state index in [9.17, 15) is 4.79 Å². The van der Waals surface area contributed by atoms with Gasteiger partial charge in [-0.05, 0) is 56.3 Å². The molecule has 4 aromatic rings. The van der Waals surface area contributed by atoms with E-state index < -0.39 is 35.6 Å². The molecule has 1 amide bonds. The number of aromatic nitrogens is 2. The van der Waals surface area contributed by atoms with Crippen LogP contribution in [-0.4, -0.2) is 39.4 Å². The Morgan fingerprint density at radius 1 is 1.07 bits per heavy atom. The number of pyridine rings is 1. The minimum atomic E-state index is -1.24. The zero-order valence-corrected chi connectivity index (χ0v) is 25.1. The second-order valence-corrected chi connectivity index (χ2v) is 12.5. The highest BCUT2D eigenvalue weighted by molar-refractivity contribution is 6.62. The molecule has 0 radical (unpaired) electrons.